The molecule has 0 spiro atoms. The summed E-state index contributed by atoms with van der Waals surface area (Å²) in [5.41, 5.74) is 9.89. The molecule has 3 heteroatoms. The lowest BCUT2D eigenvalue weighted by atomic mass is 10.0. The summed E-state index contributed by atoms with van der Waals surface area (Å²) >= 11 is 0. The van der Waals surface area contributed by atoms with Crippen LogP contribution in [0, 0.1) is 5.92 Å². The lowest BCUT2D eigenvalue weighted by Gasteiger charge is -2.14. The topological polar surface area (TPSA) is 64.1 Å². The summed E-state index contributed by atoms with van der Waals surface area (Å²) in [4.78, 5) is 0. The van der Waals surface area contributed by atoms with Gasteiger partial charge in [-0.05, 0) is 19.3 Å². The predicted octanol–water partition coefficient (Wildman–Crippen LogP) is 0.686. The van der Waals surface area contributed by atoms with E-state index in [4.69, 9.17) is 11.6 Å². The average molecular weight is 143 g/mol. The Morgan fingerprint density at radius 1 is 1.60 bits per heavy atom. The van der Waals surface area contributed by atoms with Gasteiger partial charge >= 0.3 is 0 Å². The zero-order valence-corrected chi connectivity index (χ0v) is 6.94. The lowest BCUT2D eigenvalue weighted by Crippen LogP contribution is -2.28. The van der Waals surface area contributed by atoms with Crippen molar-refractivity contribution in [3.05, 3.63) is 11.4 Å². The summed E-state index contributed by atoms with van der Waals surface area (Å²) in [7, 11) is 0. The number of hydrogen-bond donors (Lipinski definition) is 3. The largest absolute Gasteiger partial charge is 0.401 e. The molecule has 1 unspecified atom stereocenters. The Balaban J connectivity index is 4.21. The second-order valence-electron chi connectivity index (χ2n) is 2.55. The van der Waals surface area contributed by atoms with E-state index in [2.05, 4.69) is 19.3 Å². The molecule has 0 aromatic carbocycles. The van der Waals surface area contributed by atoms with Gasteiger partial charge in [-0.15, -0.1) is 0 Å². The molecule has 0 bridgehead atoms. The van der Waals surface area contributed by atoms with Gasteiger partial charge in [-0.25, -0.2) is 0 Å². The first-order valence-electron chi connectivity index (χ1n) is 3.56. The van der Waals surface area contributed by atoms with Gasteiger partial charge in [0.1, 0.15) is 0 Å². The van der Waals surface area contributed by atoms with Crippen molar-refractivity contribution in [2.75, 3.05) is 0 Å². The Morgan fingerprint density at radius 3 is 2.20 bits per heavy atom. The van der Waals surface area contributed by atoms with Crippen molar-refractivity contribution in [1.29, 1.82) is 0 Å². The van der Waals surface area contributed by atoms with Crippen molar-refractivity contribution in [3.8, 4) is 0 Å². The first-order valence-corrected chi connectivity index (χ1v) is 3.56. The molecule has 0 rings (SSSR count). The quantitative estimate of drug-likeness (QED) is 0.402. The van der Waals surface area contributed by atoms with E-state index in [1.165, 1.54) is 0 Å². The van der Waals surface area contributed by atoms with Crippen LogP contribution >= 0.6 is 0 Å². The van der Waals surface area contributed by atoms with Crippen LogP contribution in [-0.2, 0) is 0 Å². The zero-order valence-electron chi connectivity index (χ0n) is 6.94. The van der Waals surface area contributed by atoms with E-state index in [0.717, 1.165) is 17.8 Å². The first-order chi connectivity index (χ1) is 4.63. The second-order valence-corrected chi connectivity index (χ2v) is 2.55. The summed E-state index contributed by atoms with van der Waals surface area (Å²) in [5.74, 6) is 5.69. The van der Waals surface area contributed by atoms with Crippen LogP contribution in [0.15, 0.2) is 11.4 Å². The minimum absolute atomic E-state index is 0.426. The van der Waals surface area contributed by atoms with Gasteiger partial charge in [0.05, 0.1) is 0 Å². The van der Waals surface area contributed by atoms with E-state index in [0.29, 0.717) is 5.92 Å². The standard InChI is InChI=1S/C7H17N3/c1-4-5(2)7(10-9)6(3)8/h5,10H,4,8-9H2,1-3H3/b7-6-. The number of allylic oxidation sites excluding steroid dienone is 2. The lowest BCUT2D eigenvalue weighted by molar-refractivity contribution is 0.587. The Labute approximate surface area is 62.4 Å². The fourth-order valence-electron chi connectivity index (χ4n) is 0.849. The van der Waals surface area contributed by atoms with E-state index in [9.17, 15) is 0 Å². The number of rotatable bonds is 3. The maximum absolute atomic E-state index is 5.56. The number of nitrogens with one attached hydrogen (secondary N) is 1. The molecule has 0 fully saturated rings. The molecule has 0 saturated heterocycles. The van der Waals surface area contributed by atoms with Crippen LogP contribution in [-0.4, -0.2) is 0 Å². The third-order valence-electron chi connectivity index (χ3n) is 1.69. The van der Waals surface area contributed by atoms with Gasteiger partial charge in [-0.2, -0.15) is 0 Å². The molecule has 1 atom stereocenters. The van der Waals surface area contributed by atoms with Crippen LogP contribution in [0.25, 0.3) is 0 Å². The number of hydrazine groups is 1. The summed E-state index contributed by atoms with van der Waals surface area (Å²) in [5, 5.41) is 0. The van der Waals surface area contributed by atoms with E-state index >= 15 is 0 Å². The fourth-order valence-corrected chi connectivity index (χ4v) is 0.849. The highest BCUT2D eigenvalue weighted by molar-refractivity contribution is 5.08. The highest BCUT2D eigenvalue weighted by Crippen LogP contribution is 2.11. The highest BCUT2D eigenvalue weighted by atomic mass is 15.2. The minimum atomic E-state index is 0.426. The number of hydrogen-bond acceptors (Lipinski definition) is 3. The van der Waals surface area contributed by atoms with Crippen LogP contribution < -0.4 is 17.0 Å². The molecule has 0 aliphatic rings. The van der Waals surface area contributed by atoms with Gasteiger partial charge < -0.3 is 11.2 Å². The molecule has 3 nitrogen and oxygen atoms in total. The Kier molecular flexibility index (Phi) is 3.88. The molecule has 10 heavy (non-hydrogen) atoms. The van der Waals surface area contributed by atoms with Gasteiger partial charge in [-0.1, -0.05) is 13.8 Å². The third kappa shape index (κ3) is 2.27. The first kappa shape index (κ1) is 9.30. The summed E-state index contributed by atoms with van der Waals surface area (Å²) < 4.78 is 0. The van der Waals surface area contributed by atoms with Crippen LogP contribution in [0.1, 0.15) is 27.2 Å². The molecule has 0 heterocycles. The smallest absolute Gasteiger partial charge is 0.0471 e. The summed E-state index contributed by atoms with van der Waals surface area (Å²) in [6.45, 7) is 6.04. The summed E-state index contributed by atoms with van der Waals surface area (Å²) in [6, 6.07) is 0. The molecule has 0 saturated carbocycles. The fraction of sp³-hybridized carbons (Fsp3) is 0.714. The zero-order chi connectivity index (χ0) is 8.15. The van der Waals surface area contributed by atoms with Crippen molar-refractivity contribution in [2.45, 2.75) is 27.2 Å². The maximum Gasteiger partial charge on any atom is 0.0471 e. The maximum atomic E-state index is 5.56. The van der Waals surface area contributed by atoms with Gasteiger partial charge in [0, 0.05) is 11.4 Å². The van der Waals surface area contributed by atoms with Crippen molar-refractivity contribution in [2.24, 2.45) is 17.5 Å². The third-order valence-corrected chi connectivity index (χ3v) is 1.69. The van der Waals surface area contributed by atoms with Crippen LogP contribution in [0.4, 0.5) is 0 Å². The molecule has 0 aromatic rings. The molecule has 0 amide bonds. The van der Waals surface area contributed by atoms with Gasteiger partial charge in [0.2, 0.25) is 0 Å². The van der Waals surface area contributed by atoms with Crippen LogP contribution in [0.2, 0.25) is 0 Å². The summed E-state index contributed by atoms with van der Waals surface area (Å²) in [6.07, 6.45) is 1.05. The van der Waals surface area contributed by atoms with E-state index in [1.54, 1.807) is 0 Å². The molecular weight excluding hydrogens is 126 g/mol. The highest BCUT2D eigenvalue weighted by Gasteiger charge is 2.05. The normalized spacial score (nSPS) is 16.0. The van der Waals surface area contributed by atoms with E-state index < -0.39 is 0 Å². The monoisotopic (exact) mass is 143 g/mol. The van der Waals surface area contributed by atoms with E-state index in [-0.39, 0.29) is 0 Å². The SMILES string of the molecule is CCC(C)/C(NN)=C(\C)N. The molecule has 60 valence electrons. The van der Waals surface area contributed by atoms with Crippen molar-refractivity contribution in [3.63, 3.8) is 0 Å². The van der Waals surface area contributed by atoms with Crippen LogP contribution in [0.5, 0.6) is 0 Å². The Bertz CT molecular complexity index is 125. The molecule has 5 N–H and O–H groups in total. The van der Waals surface area contributed by atoms with Gasteiger partial charge in [0.15, 0.2) is 0 Å². The van der Waals surface area contributed by atoms with Gasteiger partial charge in [-0.3, -0.25) is 5.84 Å². The van der Waals surface area contributed by atoms with E-state index in [1.807, 2.05) is 6.92 Å². The van der Waals surface area contributed by atoms with Gasteiger partial charge in [0.25, 0.3) is 0 Å². The van der Waals surface area contributed by atoms with Crippen molar-refractivity contribution in [1.82, 2.24) is 5.43 Å². The molecular formula is C7H17N3. The molecule has 0 aliphatic carbocycles. The van der Waals surface area contributed by atoms with Crippen molar-refractivity contribution < 1.29 is 0 Å². The molecule has 0 aliphatic heterocycles. The average Bonchev–Trinajstić information content (AvgIpc) is 1.88. The second kappa shape index (κ2) is 4.17. The number of nitrogens with two attached hydrogens (primary N) is 2. The Hall–Kier alpha value is -0.700. The predicted molar refractivity (Wildman–Crippen MR) is 43.7 cm³/mol. The Morgan fingerprint density at radius 2 is 2.10 bits per heavy atom. The molecule has 0 radical (unpaired) electrons. The van der Waals surface area contributed by atoms with Crippen molar-refractivity contribution >= 4 is 0 Å². The molecule has 0 aromatic heterocycles. The minimum Gasteiger partial charge on any atom is -0.401 e. The van der Waals surface area contributed by atoms with Crippen LogP contribution in [0.3, 0.4) is 0 Å².